The third-order valence-corrected chi connectivity index (χ3v) is 11.0. The van der Waals surface area contributed by atoms with Crippen molar-refractivity contribution < 1.29 is 18.8 Å². The highest BCUT2D eigenvalue weighted by Gasteiger charge is 2.29. The van der Waals surface area contributed by atoms with Gasteiger partial charge in [0.05, 0.1) is 37.6 Å². The molecule has 6 aromatic carbocycles. The number of pyridine rings is 1. The molecule has 4 nitrogen and oxygen atoms in total. The number of phenolic OH excluding ortho intramolecular Hbond substituents is 1. The summed E-state index contributed by atoms with van der Waals surface area (Å²) in [7, 11) is 0. The SMILES string of the molecule is [2H]c1nc(-c2cc(-c3cccc4c3nc(-c3cc(C(C)(C)C)cc(C(C)(C)C)c3O)n4-c3ccc(C)cc3-c3ccccc3)cc(C(C)(C)C)c2)c([2H])c(-c2c([2H])c([2H])c([2H])c(C([2H])([2H])[2H])c2[2H])c1[2H]. The van der Waals surface area contributed by atoms with Crippen LogP contribution in [-0.2, 0) is 16.2 Å². The van der Waals surface area contributed by atoms with E-state index in [0.29, 0.717) is 33.6 Å². The molecular formula is C56H57N3O. The second-order valence-electron chi connectivity index (χ2n) is 18.7. The molecule has 2 heterocycles. The summed E-state index contributed by atoms with van der Waals surface area (Å²) in [5.74, 6) is 0.654. The number of hydrogen-bond acceptors (Lipinski definition) is 3. The number of benzene rings is 6. The molecule has 0 aliphatic heterocycles. The molecule has 0 atom stereocenters. The molecule has 302 valence electrons. The highest BCUT2D eigenvalue weighted by atomic mass is 16.3. The Morgan fingerprint density at radius 3 is 2.03 bits per heavy atom. The van der Waals surface area contributed by atoms with Gasteiger partial charge in [-0.1, -0.05) is 158 Å². The number of imidazole rings is 1. The molecule has 0 spiro atoms. The van der Waals surface area contributed by atoms with Gasteiger partial charge in [-0.2, -0.15) is 0 Å². The van der Waals surface area contributed by atoms with Crippen LogP contribution >= 0.6 is 0 Å². The lowest BCUT2D eigenvalue weighted by atomic mass is 9.79. The van der Waals surface area contributed by atoms with Gasteiger partial charge in [0, 0.05) is 32.5 Å². The Morgan fingerprint density at radius 1 is 0.600 bits per heavy atom. The van der Waals surface area contributed by atoms with E-state index in [1.54, 1.807) is 0 Å². The van der Waals surface area contributed by atoms with Crippen LogP contribution in [-0.4, -0.2) is 19.6 Å². The van der Waals surface area contributed by atoms with Crippen LogP contribution in [0.1, 0.15) is 104 Å². The fourth-order valence-electron chi connectivity index (χ4n) is 7.66. The molecule has 8 rings (SSSR count). The number of aryl methyl sites for hydroxylation is 1. The summed E-state index contributed by atoms with van der Waals surface area (Å²) in [4.78, 5) is 9.98. The van der Waals surface area contributed by atoms with Crippen LogP contribution in [0, 0.1) is 13.8 Å². The fourth-order valence-corrected chi connectivity index (χ4v) is 7.66. The largest absolute Gasteiger partial charge is 0.507 e. The van der Waals surface area contributed by atoms with Crippen LogP contribution in [0.25, 0.3) is 72.7 Å². The number of rotatable bonds is 6. The second-order valence-corrected chi connectivity index (χ2v) is 18.7. The Morgan fingerprint density at radius 2 is 1.32 bits per heavy atom. The zero-order chi connectivity index (χ0) is 51.3. The molecule has 0 fully saturated rings. The third-order valence-electron chi connectivity index (χ3n) is 11.0. The van der Waals surface area contributed by atoms with E-state index < -0.39 is 76.8 Å². The maximum Gasteiger partial charge on any atom is 0.149 e. The second kappa shape index (κ2) is 15.1. The highest BCUT2D eigenvalue weighted by molar-refractivity contribution is 5.98. The van der Waals surface area contributed by atoms with Crippen molar-refractivity contribution >= 4 is 11.0 Å². The van der Waals surface area contributed by atoms with Gasteiger partial charge in [0.2, 0.25) is 0 Å². The molecule has 0 unspecified atom stereocenters. The Balaban J connectivity index is 1.47. The molecular weight excluding hydrogens is 731 g/mol. The van der Waals surface area contributed by atoms with Gasteiger partial charge >= 0.3 is 0 Å². The first-order chi connectivity index (χ1) is 32.5. The molecule has 0 aliphatic rings. The summed E-state index contributed by atoms with van der Waals surface area (Å²) in [5, 5.41) is 12.5. The number of fused-ring (bicyclic) bond motifs is 1. The first-order valence-electron chi connectivity index (χ1n) is 25.3. The number of phenols is 1. The average molecular weight is 798 g/mol. The van der Waals surface area contributed by atoms with Gasteiger partial charge in [0.15, 0.2) is 0 Å². The summed E-state index contributed by atoms with van der Waals surface area (Å²) in [6.07, 6.45) is -0.579. The van der Waals surface area contributed by atoms with E-state index in [1.165, 1.54) is 0 Å². The van der Waals surface area contributed by atoms with Crippen LogP contribution in [0.5, 0.6) is 5.75 Å². The monoisotopic (exact) mass is 798 g/mol. The van der Waals surface area contributed by atoms with Crippen molar-refractivity contribution in [3.63, 3.8) is 0 Å². The van der Waals surface area contributed by atoms with Gasteiger partial charge < -0.3 is 5.11 Å². The first kappa shape index (κ1) is 29.9. The van der Waals surface area contributed by atoms with E-state index in [0.717, 1.165) is 44.6 Å². The van der Waals surface area contributed by atoms with Gasteiger partial charge in [-0.25, -0.2) is 4.98 Å². The zero-order valence-corrected chi connectivity index (χ0v) is 36.0. The van der Waals surface area contributed by atoms with Gasteiger partial charge in [0.25, 0.3) is 0 Å². The van der Waals surface area contributed by atoms with E-state index in [1.807, 2.05) is 81.4 Å². The predicted octanol–water partition coefficient (Wildman–Crippen LogP) is 15.0. The van der Waals surface area contributed by atoms with Crippen LogP contribution in [0.3, 0.4) is 0 Å². The lowest BCUT2D eigenvalue weighted by Gasteiger charge is -2.27. The minimum absolute atomic E-state index is 0.0526. The molecule has 1 N–H and O–H groups in total. The maximum atomic E-state index is 12.5. The summed E-state index contributed by atoms with van der Waals surface area (Å²) in [5.41, 5.74) is 7.33. The minimum atomic E-state index is -3.01. The Labute approximate surface area is 370 Å². The molecule has 0 radical (unpaired) electrons. The van der Waals surface area contributed by atoms with Crippen molar-refractivity contribution in [3.8, 4) is 67.5 Å². The van der Waals surface area contributed by atoms with Crippen LogP contribution in [0.15, 0.2) is 139 Å². The van der Waals surface area contributed by atoms with Gasteiger partial charge in [0.1, 0.15) is 11.6 Å². The Hall–Kier alpha value is -6.26. The van der Waals surface area contributed by atoms with Crippen molar-refractivity contribution in [2.45, 2.75) is 92.3 Å². The third kappa shape index (κ3) is 7.79. The van der Waals surface area contributed by atoms with Crippen LogP contribution < -0.4 is 0 Å². The number of aromatic nitrogens is 3. The topological polar surface area (TPSA) is 50.9 Å². The molecule has 60 heavy (non-hydrogen) atoms. The molecule has 0 amide bonds. The molecule has 0 bridgehead atoms. The van der Waals surface area contributed by atoms with Gasteiger partial charge in [-0.3, -0.25) is 9.55 Å². The molecule has 0 aliphatic carbocycles. The van der Waals surface area contributed by atoms with E-state index in [-0.39, 0.29) is 16.9 Å². The number of hydrogen-bond donors (Lipinski definition) is 1. The maximum absolute atomic E-state index is 12.5. The fraction of sp³-hybridized carbons (Fsp3) is 0.250. The molecule has 0 saturated carbocycles. The van der Waals surface area contributed by atoms with Gasteiger partial charge in [-0.05, 0) is 112 Å². The summed E-state index contributed by atoms with van der Waals surface area (Å²) >= 11 is 0. The summed E-state index contributed by atoms with van der Waals surface area (Å²) in [6, 6.07) is 28.2. The quantitative estimate of drug-likeness (QED) is 0.182. The molecule has 8 aromatic rings. The highest BCUT2D eigenvalue weighted by Crippen LogP contribution is 2.46. The van der Waals surface area contributed by atoms with Gasteiger partial charge in [-0.15, -0.1) is 0 Å². The number of nitrogens with zero attached hydrogens (tertiary/aromatic N) is 3. The summed E-state index contributed by atoms with van der Waals surface area (Å²) < 4.78 is 88.4. The molecule has 2 aromatic heterocycles. The standard InChI is InChI=1S/C56H57N3O/c1-35-17-15-20-38(27-35)39-25-26-57-48(32-39)41-29-40(30-42(31-41)54(3,4)5)44-21-16-22-50-51(44)58-53(46-33-43(55(6,7)8)34-47(52(46)60)56(9,10)11)59(50)49-24-23-36(2)28-45(49)37-18-13-12-14-19-37/h12-34,60H,1-11H3/i1D3,15D,17D,20D,25D,26D,27D,32D. The molecule has 0 saturated heterocycles. The average Bonchev–Trinajstić information content (AvgIpc) is 3.66. The lowest BCUT2D eigenvalue weighted by Crippen LogP contribution is -2.17. The van der Waals surface area contributed by atoms with Crippen molar-refractivity contribution in [2.24, 2.45) is 0 Å². The normalized spacial score (nSPS) is 14.9. The summed E-state index contributed by atoms with van der Waals surface area (Å²) in [6.45, 7) is 17.9. The van der Waals surface area contributed by atoms with E-state index in [9.17, 15) is 6.48 Å². The van der Waals surface area contributed by atoms with Crippen LogP contribution in [0.4, 0.5) is 0 Å². The Bertz CT molecular complexity index is 3410. The zero-order valence-electron chi connectivity index (χ0n) is 46.0. The lowest BCUT2D eigenvalue weighted by molar-refractivity contribution is 0.446. The first-order valence-corrected chi connectivity index (χ1v) is 20.3. The van der Waals surface area contributed by atoms with Crippen molar-refractivity contribution in [2.75, 3.05) is 0 Å². The van der Waals surface area contributed by atoms with Crippen molar-refractivity contribution in [3.05, 3.63) is 167 Å². The van der Waals surface area contributed by atoms with Crippen LogP contribution in [0.2, 0.25) is 0 Å². The van der Waals surface area contributed by atoms with E-state index >= 15 is 0 Å². The molecule has 4 heteroatoms. The smallest absolute Gasteiger partial charge is 0.149 e. The predicted molar refractivity (Wildman–Crippen MR) is 253 cm³/mol. The van der Waals surface area contributed by atoms with Crippen molar-refractivity contribution in [1.82, 2.24) is 14.5 Å². The van der Waals surface area contributed by atoms with Crippen molar-refractivity contribution in [1.29, 1.82) is 0 Å². The Kier molecular flexibility index (Phi) is 7.51. The number of para-hydroxylation sites is 1. The van der Waals surface area contributed by atoms with E-state index in [2.05, 4.69) is 94.4 Å². The number of aromatic hydroxyl groups is 1. The minimum Gasteiger partial charge on any atom is -0.507 e. The van der Waals surface area contributed by atoms with E-state index in [4.69, 9.17) is 17.3 Å².